The Bertz CT molecular complexity index is 1140. The van der Waals surface area contributed by atoms with Crippen LogP contribution in [0.5, 0.6) is 0 Å². The molecule has 9 heteroatoms. The first-order valence-electron chi connectivity index (χ1n) is 9.72. The van der Waals surface area contributed by atoms with Gasteiger partial charge in [0.1, 0.15) is 16.9 Å². The van der Waals surface area contributed by atoms with Gasteiger partial charge in [0, 0.05) is 4.88 Å². The molecule has 1 unspecified atom stereocenters. The van der Waals surface area contributed by atoms with E-state index in [2.05, 4.69) is 10.3 Å². The van der Waals surface area contributed by atoms with Gasteiger partial charge in [0.2, 0.25) is 5.91 Å². The smallest absolute Gasteiger partial charge is 0.340 e. The highest BCUT2D eigenvalue weighted by molar-refractivity contribution is 8.00. The summed E-state index contributed by atoms with van der Waals surface area (Å²) < 4.78 is 18.3. The Morgan fingerprint density at radius 3 is 2.69 bits per heavy atom. The Kier molecular flexibility index (Phi) is 7.98. The number of amides is 1. The number of halogens is 1. The van der Waals surface area contributed by atoms with Crippen LogP contribution in [0.15, 0.2) is 52.9 Å². The van der Waals surface area contributed by atoms with E-state index in [0.717, 1.165) is 22.2 Å². The van der Waals surface area contributed by atoms with Gasteiger partial charge >= 0.3 is 5.97 Å². The fraction of sp³-hybridized carbons (Fsp3) is 0.217. The number of aryl methyl sites for hydroxylation is 1. The van der Waals surface area contributed by atoms with Gasteiger partial charge in [-0.1, -0.05) is 30.0 Å². The van der Waals surface area contributed by atoms with Crippen LogP contribution in [-0.4, -0.2) is 29.2 Å². The molecule has 1 N–H and O–H groups in total. The molecule has 0 aliphatic rings. The van der Waals surface area contributed by atoms with Crippen LogP contribution in [0.4, 0.5) is 4.39 Å². The Hall–Kier alpha value is -3.22. The van der Waals surface area contributed by atoms with Crippen molar-refractivity contribution >= 4 is 35.0 Å². The lowest BCUT2D eigenvalue weighted by Crippen LogP contribution is -2.30. The Morgan fingerprint density at radius 1 is 1.31 bits per heavy atom. The highest BCUT2D eigenvalue weighted by atomic mass is 32.2. The van der Waals surface area contributed by atoms with E-state index < -0.39 is 12.0 Å². The quantitative estimate of drug-likeness (QED) is 0.382. The van der Waals surface area contributed by atoms with E-state index in [9.17, 15) is 19.2 Å². The summed E-state index contributed by atoms with van der Waals surface area (Å²) in [6, 6.07) is 12.8. The molecule has 0 saturated carbocycles. The van der Waals surface area contributed by atoms with Crippen molar-refractivity contribution in [2.24, 2.45) is 0 Å². The highest BCUT2D eigenvalue weighted by Gasteiger charge is 2.20. The average molecular weight is 470 g/mol. The molecule has 3 rings (SSSR count). The van der Waals surface area contributed by atoms with Crippen molar-refractivity contribution in [1.29, 1.82) is 5.26 Å². The summed E-state index contributed by atoms with van der Waals surface area (Å²) in [7, 11) is 0. The molecule has 164 valence electrons. The number of thioether (sulfide) groups is 1. The van der Waals surface area contributed by atoms with Gasteiger partial charge in [-0.25, -0.2) is 14.2 Å². The van der Waals surface area contributed by atoms with Gasteiger partial charge in [-0.05, 0) is 49.1 Å². The van der Waals surface area contributed by atoms with Crippen molar-refractivity contribution in [3.63, 3.8) is 0 Å². The lowest BCUT2D eigenvalue weighted by Gasteiger charge is -2.18. The number of aromatic nitrogens is 1. The summed E-state index contributed by atoms with van der Waals surface area (Å²) in [5, 5.41) is 14.7. The molecule has 32 heavy (non-hydrogen) atoms. The van der Waals surface area contributed by atoms with Crippen LogP contribution in [0, 0.1) is 24.1 Å². The van der Waals surface area contributed by atoms with Crippen LogP contribution in [0.2, 0.25) is 0 Å². The molecule has 0 bridgehead atoms. The molecule has 2 heterocycles. The Balaban J connectivity index is 1.74. The fourth-order valence-electron chi connectivity index (χ4n) is 2.95. The minimum Gasteiger partial charge on any atom is -0.462 e. The maximum atomic E-state index is 13.3. The van der Waals surface area contributed by atoms with Crippen molar-refractivity contribution in [1.82, 2.24) is 10.3 Å². The number of rotatable bonds is 8. The molecule has 0 fully saturated rings. The van der Waals surface area contributed by atoms with Crippen LogP contribution in [0.3, 0.4) is 0 Å². The molecule has 0 radical (unpaired) electrons. The molecule has 1 atom stereocenters. The monoisotopic (exact) mass is 469 g/mol. The Morgan fingerprint density at radius 2 is 2.06 bits per heavy atom. The van der Waals surface area contributed by atoms with Gasteiger partial charge in [0.15, 0.2) is 0 Å². The summed E-state index contributed by atoms with van der Waals surface area (Å²) in [4.78, 5) is 30.0. The molecule has 1 amide bonds. The van der Waals surface area contributed by atoms with Gasteiger partial charge in [0.05, 0.1) is 35.2 Å². The van der Waals surface area contributed by atoms with Crippen LogP contribution in [-0.2, 0) is 9.53 Å². The van der Waals surface area contributed by atoms with Gasteiger partial charge in [0.25, 0.3) is 0 Å². The van der Waals surface area contributed by atoms with Crippen molar-refractivity contribution in [3.05, 3.63) is 80.9 Å². The number of nitrogens with one attached hydrogen (secondary N) is 1. The Labute approximate surface area is 193 Å². The average Bonchev–Trinajstić information content (AvgIpc) is 3.31. The van der Waals surface area contributed by atoms with E-state index >= 15 is 0 Å². The normalized spacial score (nSPS) is 11.4. The molecular formula is C23H20FN3O3S2. The molecule has 6 nitrogen and oxygen atoms in total. The second-order valence-electron chi connectivity index (χ2n) is 6.66. The molecular weight excluding hydrogens is 449 g/mol. The van der Waals surface area contributed by atoms with E-state index in [1.54, 1.807) is 26.0 Å². The van der Waals surface area contributed by atoms with Crippen LogP contribution < -0.4 is 5.32 Å². The number of pyridine rings is 1. The molecule has 1 aromatic carbocycles. The third kappa shape index (κ3) is 5.72. The van der Waals surface area contributed by atoms with Crippen LogP contribution in [0.25, 0.3) is 0 Å². The summed E-state index contributed by atoms with van der Waals surface area (Å²) in [6.45, 7) is 3.57. The number of nitrogens with zero attached hydrogens (tertiary/aromatic N) is 2. The number of carbonyl (C=O) groups is 2. The zero-order valence-electron chi connectivity index (χ0n) is 17.4. The third-order valence-electron chi connectivity index (χ3n) is 4.47. The number of hydrogen-bond donors (Lipinski definition) is 1. The second-order valence-corrected chi connectivity index (χ2v) is 8.61. The topological polar surface area (TPSA) is 92.1 Å². The van der Waals surface area contributed by atoms with E-state index in [-0.39, 0.29) is 35.2 Å². The number of esters is 1. The van der Waals surface area contributed by atoms with Crippen molar-refractivity contribution in [2.45, 2.75) is 24.9 Å². The number of thiophene rings is 1. The molecule has 3 aromatic rings. The van der Waals surface area contributed by atoms with E-state index in [1.807, 2.05) is 23.6 Å². The lowest BCUT2D eigenvalue weighted by atomic mass is 10.1. The number of nitriles is 1. The first-order chi connectivity index (χ1) is 15.4. The van der Waals surface area contributed by atoms with Crippen LogP contribution in [0.1, 0.15) is 45.0 Å². The third-order valence-corrected chi connectivity index (χ3v) is 6.40. The van der Waals surface area contributed by atoms with Gasteiger partial charge < -0.3 is 10.1 Å². The number of hydrogen-bond acceptors (Lipinski definition) is 7. The minimum absolute atomic E-state index is 0.0168. The summed E-state index contributed by atoms with van der Waals surface area (Å²) in [5.74, 6) is -1.14. The number of ether oxygens (including phenoxy) is 1. The minimum atomic E-state index is -0.540. The zero-order chi connectivity index (χ0) is 23.1. The van der Waals surface area contributed by atoms with Crippen molar-refractivity contribution in [3.8, 4) is 6.07 Å². The number of benzene rings is 1. The maximum absolute atomic E-state index is 13.3. The molecule has 0 spiro atoms. The predicted molar refractivity (Wildman–Crippen MR) is 121 cm³/mol. The van der Waals surface area contributed by atoms with E-state index in [0.29, 0.717) is 10.7 Å². The van der Waals surface area contributed by atoms with E-state index in [1.165, 1.54) is 29.5 Å². The van der Waals surface area contributed by atoms with Gasteiger partial charge in [-0.2, -0.15) is 5.26 Å². The van der Waals surface area contributed by atoms with Crippen molar-refractivity contribution < 1.29 is 18.7 Å². The lowest BCUT2D eigenvalue weighted by molar-refractivity contribution is -0.119. The molecule has 2 aromatic heterocycles. The first kappa shape index (κ1) is 23.4. The molecule has 0 aliphatic heterocycles. The predicted octanol–water partition coefficient (Wildman–Crippen LogP) is 4.64. The van der Waals surface area contributed by atoms with Crippen molar-refractivity contribution in [2.75, 3.05) is 12.4 Å². The molecule has 0 saturated heterocycles. The summed E-state index contributed by atoms with van der Waals surface area (Å²) in [5.41, 5.74) is 1.61. The first-order valence-corrected chi connectivity index (χ1v) is 11.6. The van der Waals surface area contributed by atoms with Gasteiger partial charge in [-0.3, -0.25) is 4.79 Å². The highest BCUT2D eigenvalue weighted by Crippen LogP contribution is 2.27. The SMILES string of the molecule is CCOC(=O)c1cc(C#N)c(SCC(=O)NC(c2ccc(F)cc2)c2cccs2)nc1C. The second kappa shape index (κ2) is 10.9. The zero-order valence-corrected chi connectivity index (χ0v) is 19.1. The van der Waals surface area contributed by atoms with E-state index in [4.69, 9.17) is 4.74 Å². The summed E-state index contributed by atoms with van der Waals surface area (Å²) >= 11 is 2.60. The molecule has 0 aliphatic carbocycles. The largest absolute Gasteiger partial charge is 0.462 e. The summed E-state index contributed by atoms with van der Waals surface area (Å²) in [6.07, 6.45) is 0. The fourth-order valence-corrected chi connectivity index (χ4v) is 4.57. The standard InChI is InChI=1S/C23H20FN3O3S2/c1-3-30-23(29)18-11-16(12-25)22(26-14(18)2)32-13-20(28)27-21(19-5-4-10-31-19)15-6-8-17(24)9-7-15/h4-11,21H,3,13H2,1-2H3,(H,27,28). The maximum Gasteiger partial charge on any atom is 0.340 e. The number of carbonyl (C=O) groups excluding carboxylic acids is 2. The van der Waals surface area contributed by atoms with Gasteiger partial charge in [-0.15, -0.1) is 11.3 Å². The van der Waals surface area contributed by atoms with Crippen LogP contribution >= 0.6 is 23.1 Å².